The number of nitrogens with two attached hydrogens (primary N) is 1. The van der Waals surface area contributed by atoms with Crippen LogP contribution in [0, 0.1) is 13.8 Å². The van der Waals surface area contributed by atoms with E-state index in [9.17, 15) is 8.42 Å². The lowest BCUT2D eigenvalue weighted by Crippen LogP contribution is -2.09. The van der Waals surface area contributed by atoms with E-state index in [1.165, 1.54) is 11.1 Å². The summed E-state index contributed by atoms with van der Waals surface area (Å²) in [5.74, 6) is -0.233. The summed E-state index contributed by atoms with van der Waals surface area (Å²) in [6.07, 6.45) is 0.318. The highest BCUT2D eigenvalue weighted by molar-refractivity contribution is 7.85. The zero-order chi connectivity index (χ0) is 12.6. The number of benzene rings is 1. The third-order valence-electron chi connectivity index (χ3n) is 2.03. The van der Waals surface area contributed by atoms with E-state index < -0.39 is 10.1 Å². The Morgan fingerprint density at radius 1 is 1.19 bits per heavy atom. The molecule has 0 heterocycles. The third kappa shape index (κ3) is 8.40. The van der Waals surface area contributed by atoms with Gasteiger partial charge in [-0.15, -0.1) is 0 Å². The Balaban J connectivity index is 0.000000281. The molecule has 0 aliphatic rings. The molecule has 0 saturated carbocycles. The summed E-state index contributed by atoms with van der Waals surface area (Å²) in [4.78, 5) is 0. The van der Waals surface area contributed by atoms with E-state index in [2.05, 4.69) is 38.1 Å². The molecule has 0 atom stereocenters. The van der Waals surface area contributed by atoms with E-state index in [4.69, 9.17) is 10.3 Å². The van der Waals surface area contributed by atoms with Crippen LogP contribution in [0.1, 0.15) is 17.5 Å². The molecule has 0 radical (unpaired) electrons. The van der Waals surface area contributed by atoms with Gasteiger partial charge in [-0.05, 0) is 37.9 Å². The molecule has 0 spiro atoms. The first-order chi connectivity index (χ1) is 7.37. The van der Waals surface area contributed by atoms with Crippen LogP contribution in [0.4, 0.5) is 0 Å². The highest BCUT2D eigenvalue weighted by Gasteiger charge is 2.00. The van der Waals surface area contributed by atoms with Crippen LogP contribution in [-0.2, 0) is 10.1 Å². The standard InChI is InChI=1S/C8H10.C3H9NO3S/c1-7-5-3-4-6-8(7)2;4-2-1-3-8(5,6)7/h3-6H,1-2H3;1-4H2,(H,5,6,7). The maximum absolute atomic E-state index is 9.89. The van der Waals surface area contributed by atoms with Crippen molar-refractivity contribution < 1.29 is 13.0 Å². The SMILES string of the molecule is Cc1ccccc1C.NCCCS(=O)(=O)O. The van der Waals surface area contributed by atoms with E-state index in [1.54, 1.807) is 0 Å². The van der Waals surface area contributed by atoms with Crippen molar-refractivity contribution in [2.45, 2.75) is 20.3 Å². The van der Waals surface area contributed by atoms with E-state index in [0.29, 0.717) is 13.0 Å². The molecule has 1 aromatic carbocycles. The average molecular weight is 245 g/mol. The second-order valence-corrected chi connectivity index (χ2v) is 5.08. The molecule has 5 heteroatoms. The van der Waals surface area contributed by atoms with Gasteiger partial charge in [-0.25, -0.2) is 0 Å². The molecule has 1 rings (SSSR count). The van der Waals surface area contributed by atoms with Crippen molar-refractivity contribution in [3.63, 3.8) is 0 Å². The van der Waals surface area contributed by atoms with Crippen LogP contribution in [0.15, 0.2) is 24.3 Å². The first-order valence-corrected chi connectivity index (χ1v) is 6.65. The molecule has 0 aromatic heterocycles. The Bertz CT molecular complexity index is 380. The molecule has 0 bridgehead atoms. The van der Waals surface area contributed by atoms with Gasteiger partial charge in [-0.2, -0.15) is 8.42 Å². The molecule has 3 N–H and O–H groups in total. The fourth-order valence-corrected chi connectivity index (χ4v) is 1.46. The molecule has 0 aliphatic carbocycles. The van der Waals surface area contributed by atoms with Crippen LogP contribution in [0.5, 0.6) is 0 Å². The van der Waals surface area contributed by atoms with Gasteiger partial charge in [0.15, 0.2) is 0 Å². The Hall–Kier alpha value is -0.910. The van der Waals surface area contributed by atoms with Crippen molar-refractivity contribution in [1.82, 2.24) is 0 Å². The van der Waals surface area contributed by atoms with Crippen molar-refractivity contribution in [3.8, 4) is 0 Å². The van der Waals surface area contributed by atoms with Crippen LogP contribution < -0.4 is 5.73 Å². The topological polar surface area (TPSA) is 80.4 Å². The quantitative estimate of drug-likeness (QED) is 0.791. The van der Waals surface area contributed by atoms with Gasteiger partial charge >= 0.3 is 0 Å². The molecule has 0 unspecified atom stereocenters. The van der Waals surface area contributed by atoms with Gasteiger partial charge in [0.1, 0.15) is 0 Å². The fourth-order valence-electron chi connectivity index (χ4n) is 0.928. The van der Waals surface area contributed by atoms with Gasteiger partial charge < -0.3 is 5.73 Å². The summed E-state index contributed by atoms with van der Waals surface area (Å²) >= 11 is 0. The zero-order valence-electron chi connectivity index (χ0n) is 9.68. The van der Waals surface area contributed by atoms with Crippen molar-refractivity contribution in [3.05, 3.63) is 35.4 Å². The third-order valence-corrected chi connectivity index (χ3v) is 2.84. The van der Waals surface area contributed by atoms with Gasteiger partial charge in [0.05, 0.1) is 5.75 Å². The molecule has 0 aliphatic heterocycles. The average Bonchev–Trinajstić information content (AvgIpc) is 2.19. The van der Waals surface area contributed by atoms with Crippen LogP contribution in [0.3, 0.4) is 0 Å². The van der Waals surface area contributed by atoms with E-state index in [0.717, 1.165) is 0 Å². The van der Waals surface area contributed by atoms with Crippen LogP contribution in [0.25, 0.3) is 0 Å². The zero-order valence-corrected chi connectivity index (χ0v) is 10.5. The molecule has 0 amide bonds. The van der Waals surface area contributed by atoms with E-state index in [-0.39, 0.29) is 5.75 Å². The highest BCUT2D eigenvalue weighted by Crippen LogP contribution is 2.02. The fraction of sp³-hybridized carbons (Fsp3) is 0.455. The summed E-state index contributed by atoms with van der Waals surface area (Å²) < 4.78 is 27.8. The second-order valence-electron chi connectivity index (χ2n) is 3.51. The monoisotopic (exact) mass is 245 g/mol. The summed E-state index contributed by atoms with van der Waals surface area (Å²) in [5, 5.41) is 0. The normalized spacial score (nSPS) is 10.5. The van der Waals surface area contributed by atoms with Gasteiger partial charge in [-0.3, -0.25) is 4.55 Å². The number of rotatable bonds is 3. The minimum atomic E-state index is -3.77. The van der Waals surface area contributed by atoms with Crippen LogP contribution in [-0.4, -0.2) is 25.3 Å². The minimum absolute atomic E-state index is 0.233. The minimum Gasteiger partial charge on any atom is -0.330 e. The summed E-state index contributed by atoms with van der Waals surface area (Å²) in [7, 11) is -3.77. The Morgan fingerprint density at radius 2 is 1.62 bits per heavy atom. The largest absolute Gasteiger partial charge is 0.330 e. The predicted molar refractivity (Wildman–Crippen MR) is 66.0 cm³/mol. The maximum Gasteiger partial charge on any atom is 0.264 e. The van der Waals surface area contributed by atoms with Crippen molar-refractivity contribution in [2.75, 3.05) is 12.3 Å². The van der Waals surface area contributed by atoms with Crippen molar-refractivity contribution in [1.29, 1.82) is 0 Å². The summed E-state index contributed by atoms with van der Waals surface area (Å²) in [5.41, 5.74) is 7.70. The molecule has 0 saturated heterocycles. The van der Waals surface area contributed by atoms with Crippen molar-refractivity contribution >= 4 is 10.1 Å². The summed E-state index contributed by atoms with van der Waals surface area (Å²) in [6.45, 7) is 4.53. The Morgan fingerprint density at radius 3 is 1.81 bits per heavy atom. The Labute approximate surface area is 97.2 Å². The number of hydrogen-bond acceptors (Lipinski definition) is 3. The van der Waals surface area contributed by atoms with Gasteiger partial charge in [-0.1, -0.05) is 24.3 Å². The van der Waals surface area contributed by atoms with Gasteiger partial charge in [0.2, 0.25) is 0 Å². The van der Waals surface area contributed by atoms with E-state index in [1.807, 2.05) is 0 Å². The number of aryl methyl sites for hydroxylation is 2. The lowest BCUT2D eigenvalue weighted by Gasteiger charge is -1.93. The predicted octanol–water partition coefficient (Wildman–Crippen LogP) is 1.53. The highest BCUT2D eigenvalue weighted by atomic mass is 32.2. The molecular formula is C11H19NO3S. The second kappa shape index (κ2) is 7.38. The summed E-state index contributed by atoms with van der Waals surface area (Å²) in [6, 6.07) is 8.36. The Kier molecular flexibility index (Phi) is 6.96. The van der Waals surface area contributed by atoms with Gasteiger partial charge in [0, 0.05) is 0 Å². The van der Waals surface area contributed by atoms with E-state index >= 15 is 0 Å². The molecule has 4 nitrogen and oxygen atoms in total. The smallest absolute Gasteiger partial charge is 0.264 e. The van der Waals surface area contributed by atoms with Gasteiger partial charge in [0.25, 0.3) is 10.1 Å². The first kappa shape index (κ1) is 15.1. The van der Waals surface area contributed by atoms with Crippen LogP contribution in [0.2, 0.25) is 0 Å². The van der Waals surface area contributed by atoms with Crippen LogP contribution >= 0.6 is 0 Å². The number of hydrogen-bond donors (Lipinski definition) is 2. The van der Waals surface area contributed by atoms with Crippen molar-refractivity contribution in [2.24, 2.45) is 5.73 Å². The first-order valence-electron chi connectivity index (χ1n) is 5.04. The molecular weight excluding hydrogens is 226 g/mol. The lowest BCUT2D eigenvalue weighted by molar-refractivity contribution is 0.481. The molecule has 92 valence electrons. The molecule has 0 fully saturated rings. The lowest BCUT2D eigenvalue weighted by atomic mass is 10.1. The molecule has 16 heavy (non-hydrogen) atoms. The maximum atomic E-state index is 9.89. The molecule has 1 aromatic rings.